The molecule has 0 aromatic heterocycles. The molecule has 30 heavy (non-hydrogen) atoms. The second-order valence-electron chi connectivity index (χ2n) is 7.57. The highest BCUT2D eigenvalue weighted by atomic mass is 16.5. The van der Waals surface area contributed by atoms with E-state index < -0.39 is 12.1 Å². The largest absolute Gasteiger partial charge is 0.481 e. The number of aliphatic carboxylic acids is 1. The van der Waals surface area contributed by atoms with Crippen molar-refractivity contribution in [2.24, 2.45) is 0 Å². The molecule has 1 atom stereocenters. The van der Waals surface area contributed by atoms with Crippen molar-refractivity contribution in [2.45, 2.75) is 25.2 Å². The standard InChI is InChI=1S/C25H23NO4/c1-16(14-24(27)28)17-10-12-18(13-11-17)26-25(29)30-15-23-21-8-4-2-6-19(21)20-7-3-5-9-22(20)23/h2-13,16,23H,14-15H2,1H3,(H,26,29)(H,27,28). The van der Waals surface area contributed by atoms with Crippen molar-refractivity contribution in [2.75, 3.05) is 11.9 Å². The van der Waals surface area contributed by atoms with Crippen LogP contribution < -0.4 is 5.32 Å². The zero-order chi connectivity index (χ0) is 21.1. The van der Waals surface area contributed by atoms with Crippen LogP contribution in [0.25, 0.3) is 11.1 Å². The maximum Gasteiger partial charge on any atom is 0.411 e. The number of carboxylic acid groups (broad SMARTS) is 1. The van der Waals surface area contributed by atoms with Crippen LogP contribution in [0, 0.1) is 0 Å². The summed E-state index contributed by atoms with van der Waals surface area (Å²) in [7, 11) is 0. The number of nitrogens with one attached hydrogen (secondary N) is 1. The van der Waals surface area contributed by atoms with Gasteiger partial charge in [0.25, 0.3) is 0 Å². The maximum atomic E-state index is 12.3. The van der Waals surface area contributed by atoms with Crippen LogP contribution in [-0.4, -0.2) is 23.8 Å². The van der Waals surface area contributed by atoms with Crippen molar-refractivity contribution in [3.8, 4) is 11.1 Å². The highest BCUT2D eigenvalue weighted by Gasteiger charge is 2.29. The van der Waals surface area contributed by atoms with E-state index in [4.69, 9.17) is 9.84 Å². The van der Waals surface area contributed by atoms with Gasteiger partial charge in [-0.3, -0.25) is 10.1 Å². The van der Waals surface area contributed by atoms with Crippen LogP contribution >= 0.6 is 0 Å². The molecule has 4 rings (SSSR count). The van der Waals surface area contributed by atoms with Gasteiger partial charge in [0.05, 0.1) is 6.42 Å². The molecule has 2 N–H and O–H groups in total. The maximum absolute atomic E-state index is 12.3. The monoisotopic (exact) mass is 401 g/mol. The number of ether oxygens (including phenoxy) is 1. The average molecular weight is 401 g/mol. The molecule has 1 amide bonds. The van der Waals surface area contributed by atoms with Gasteiger partial charge in [0, 0.05) is 11.6 Å². The van der Waals surface area contributed by atoms with Gasteiger partial charge >= 0.3 is 12.1 Å². The average Bonchev–Trinajstić information content (AvgIpc) is 3.06. The van der Waals surface area contributed by atoms with E-state index in [2.05, 4.69) is 29.6 Å². The van der Waals surface area contributed by atoms with E-state index in [9.17, 15) is 9.59 Å². The third-order valence-electron chi connectivity index (χ3n) is 5.55. The van der Waals surface area contributed by atoms with Gasteiger partial charge in [0.2, 0.25) is 0 Å². The number of carbonyl (C=O) groups is 2. The van der Waals surface area contributed by atoms with Crippen LogP contribution in [-0.2, 0) is 9.53 Å². The van der Waals surface area contributed by atoms with Gasteiger partial charge in [-0.25, -0.2) is 4.79 Å². The van der Waals surface area contributed by atoms with Gasteiger partial charge < -0.3 is 9.84 Å². The molecule has 1 unspecified atom stereocenters. The van der Waals surface area contributed by atoms with E-state index in [1.807, 2.05) is 43.3 Å². The fourth-order valence-electron chi connectivity index (χ4n) is 4.03. The summed E-state index contributed by atoms with van der Waals surface area (Å²) in [5.41, 5.74) is 6.24. The number of rotatable bonds is 6. The summed E-state index contributed by atoms with van der Waals surface area (Å²) in [6.45, 7) is 2.12. The first-order valence-corrected chi connectivity index (χ1v) is 9.96. The molecule has 5 heteroatoms. The summed E-state index contributed by atoms with van der Waals surface area (Å²) in [6.07, 6.45) is -0.442. The number of hydrogen-bond acceptors (Lipinski definition) is 3. The molecule has 3 aromatic carbocycles. The number of hydrogen-bond donors (Lipinski definition) is 2. The fraction of sp³-hybridized carbons (Fsp3) is 0.200. The van der Waals surface area contributed by atoms with Gasteiger partial charge in [-0.1, -0.05) is 67.6 Å². The normalized spacial score (nSPS) is 13.2. The number of benzene rings is 3. The number of amides is 1. The van der Waals surface area contributed by atoms with Crippen LogP contribution in [0.3, 0.4) is 0 Å². The highest BCUT2D eigenvalue weighted by molar-refractivity contribution is 5.85. The fourth-order valence-corrected chi connectivity index (χ4v) is 4.03. The lowest BCUT2D eigenvalue weighted by Crippen LogP contribution is -2.17. The first-order chi connectivity index (χ1) is 14.5. The minimum absolute atomic E-state index is 0.0161. The molecule has 1 aliphatic carbocycles. The Morgan fingerprint density at radius 1 is 0.933 bits per heavy atom. The van der Waals surface area contributed by atoms with E-state index in [0.717, 1.165) is 5.56 Å². The van der Waals surface area contributed by atoms with Crippen LogP contribution in [0.5, 0.6) is 0 Å². The van der Waals surface area contributed by atoms with Crippen molar-refractivity contribution in [1.82, 2.24) is 0 Å². The van der Waals surface area contributed by atoms with Crippen LogP contribution in [0.4, 0.5) is 10.5 Å². The van der Waals surface area contributed by atoms with Crippen LogP contribution in [0.2, 0.25) is 0 Å². The first-order valence-electron chi connectivity index (χ1n) is 9.96. The number of anilines is 1. The second kappa shape index (κ2) is 8.41. The van der Waals surface area contributed by atoms with E-state index in [0.29, 0.717) is 5.69 Å². The number of carbonyl (C=O) groups excluding carboxylic acids is 1. The van der Waals surface area contributed by atoms with Crippen LogP contribution in [0.15, 0.2) is 72.8 Å². The molecule has 0 spiro atoms. The predicted molar refractivity (Wildman–Crippen MR) is 116 cm³/mol. The highest BCUT2D eigenvalue weighted by Crippen LogP contribution is 2.44. The number of fused-ring (bicyclic) bond motifs is 3. The Balaban J connectivity index is 1.39. The molecule has 0 heterocycles. The summed E-state index contributed by atoms with van der Waals surface area (Å²) in [4.78, 5) is 23.2. The van der Waals surface area contributed by atoms with Crippen LogP contribution in [0.1, 0.15) is 41.9 Å². The zero-order valence-corrected chi connectivity index (χ0v) is 16.7. The van der Waals surface area contributed by atoms with Gasteiger partial charge in [-0.05, 0) is 45.9 Å². The van der Waals surface area contributed by atoms with Crippen molar-refractivity contribution >= 4 is 17.7 Å². The Labute approximate surface area is 175 Å². The summed E-state index contributed by atoms with van der Waals surface area (Å²) in [6, 6.07) is 23.6. The molecule has 0 saturated carbocycles. The summed E-state index contributed by atoms with van der Waals surface area (Å²) in [5, 5.41) is 11.7. The third kappa shape index (κ3) is 4.06. The second-order valence-corrected chi connectivity index (χ2v) is 7.57. The molecule has 0 fully saturated rings. The lowest BCUT2D eigenvalue weighted by molar-refractivity contribution is -0.137. The van der Waals surface area contributed by atoms with Crippen molar-refractivity contribution in [3.63, 3.8) is 0 Å². The molecule has 0 aliphatic heterocycles. The molecular weight excluding hydrogens is 378 g/mol. The number of carboxylic acids is 1. The third-order valence-corrected chi connectivity index (χ3v) is 5.55. The summed E-state index contributed by atoms with van der Waals surface area (Å²) >= 11 is 0. The van der Waals surface area contributed by atoms with Crippen molar-refractivity contribution in [1.29, 1.82) is 0 Å². The van der Waals surface area contributed by atoms with Gasteiger partial charge in [-0.2, -0.15) is 0 Å². The van der Waals surface area contributed by atoms with E-state index in [-0.39, 0.29) is 24.9 Å². The Kier molecular flexibility index (Phi) is 5.53. The lowest BCUT2D eigenvalue weighted by atomic mass is 9.98. The molecule has 152 valence electrons. The molecular formula is C25H23NO4. The quantitative estimate of drug-likeness (QED) is 0.562. The molecule has 0 radical (unpaired) electrons. The molecule has 3 aromatic rings. The van der Waals surface area contributed by atoms with E-state index in [1.54, 1.807) is 12.1 Å². The first kappa shape index (κ1) is 19.7. The Bertz CT molecular complexity index is 1030. The van der Waals surface area contributed by atoms with Gasteiger partial charge in [0.1, 0.15) is 6.61 Å². The van der Waals surface area contributed by atoms with Crippen molar-refractivity contribution in [3.05, 3.63) is 89.5 Å². The van der Waals surface area contributed by atoms with Gasteiger partial charge in [-0.15, -0.1) is 0 Å². The van der Waals surface area contributed by atoms with E-state index >= 15 is 0 Å². The predicted octanol–water partition coefficient (Wildman–Crippen LogP) is 5.63. The molecule has 5 nitrogen and oxygen atoms in total. The molecule has 0 saturated heterocycles. The van der Waals surface area contributed by atoms with Gasteiger partial charge in [0.15, 0.2) is 0 Å². The SMILES string of the molecule is CC(CC(=O)O)c1ccc(NC(=O)OCC2c3ccccc3-c3ccccc32)cc1. The smallest absolute Gasteiger partial charge is 0.411 e. The summed E-state index contributed by atoms with van der Waals surface area (Å²) in [5.74, 6) is -0.906. The minimum Gasteiger partial charge on any atom is -0.481 e. The Morgan fingerprint density at radius 3 is 2.07 bits per heavy atom. The Hall–Kier alpha value is -3.60. The van der Waals surface area contributed by atoms with Crippen molar-refractivity contribution < 1.29 is 19.4 Å². The zero-order valence-electron chi connectivity index (χ0n) is 16.7. The topological polar surface area (TPSA) is 75.6 Å². The lowest BCUT2D eigenvalue weighted by Gasteiger charge is -2.15. The summed E-state index contributed by atoms with van der Waals surface area (Å²) < 4.78 is 5.55. The molecule has 1 aliphatic rings. The minimum atomic E-state index is -0.830. The Morgan fingerprint density at radius 2 is 1.50 bits per heavy atom. The van der Waals surface area contributed by atoms with E-state index in [1.165, 1.54) is 22.3 Å². The molecule has 0 bridgehead atoms.